The van der Waals surface area contributed by atoms with Gasteiger partial charge < -0.3 is 10.6 Å². The molecule has 31 heavy (non-hydrogen) atoms. The molecular weight excluding hydrogens is 434 g/mol. The molecule has 2 atom stereocenters. The highest BCUT2D eigenvalue weighted by molar-refractivity contribution is 7.15. The number of aryl methyl sites for hydroxylation is 1. The van der Waals surface area contributed by atoms with Gasteiger partial charge in [0.2, 0.25) is 22.1 Å². The Bertz CT molecular complexity index is 1060. The second-order valence-electron chi connectivity index (χ2n) is 7.74. The Hall–Kier alpha value is -2.79. The van der Waals surface area contributed by atoms with Gasteiger partial charge in [-0.05, 0) is 43.7 Å². The zero-order valence-corrected chi connectivity index (χ0v) is 18.9. The van der Waals surface area contributed by atoms with E-state index >= 15 is 0 Å². The minimum atomic E-state index is -0.137. The molecule has 0 radical (unpaired) electrons. The SMILES string of the molecule is CC(=O)Nc1nnc([C@@H]2CCC(Cc3nnc(NC(=O)Cc4ccc(C)nc4)s3)C2)s1. The number of aromatic nitrogens is 5. The maximum Gasteiger partial charge on any atom is 0.230 e. The molecule has 4 rings (SSSR count). The molecule has 1 aliphatic carbocycles. The van der Waals surface area contributed by atoms with Crippen LogP contribution in [0.25, 0.3) is 0 Å². The van der Waals surface area contributed by atoms with E-state index in [1.165, 1.54) is 29.6 Å². The highest BCUT2D eigenvalue weighted by Crippen LogP contribution is 2.41. The summed E-state index contributed by atoms with van der Waals surface area (Å²) in [6.07, 6.45) is 5.95. The summed E-state index contributed by atoms with van der Waals surface area (Å²) >= 11 is 2.87. The summed E-state index contributed by atoms with van der Waals surface area (Å²) in [7, 11) is 0. The van der Waals surface area contributed by atoms with Gasteiger partial charge in [0.05, 0.1) is 6.42 Å². The summed E-state index contributed by atoms with van der Waals surface area (Å²) in [5.41, 5.74) is 1.79. The monoisotopic (exact) mass is 457 g/mol. The first-order valence-corrected chi connectivity index (χ1v) is 11.7. The lowest BCUT2D eigenvalue weighted by molar-refractivity contribution is -0.116. The van der Waals surface area contributed by atoms with Crippen LogP contribution >= 0.6 is 22.7 Å². The largest absolute Gasteiger partial charge is 0.301 e. The summed E-state index contributed by atoms with van der Waals surface area (Å²) in [4.78, 5) is 27.6. The first kappa shape index (κ1) is 21.4. The van der Waals surface area contributed by atoms with Crippen LogP contribution in [-0.4, -0.2) is 37.2 Å². The summed E-state index contributed by atoms with van der Waals surface area (Å²) in [6, 6.07) is 3.80. The van der Waals surface area contributed by atoms with Crippen LogP contribution in [0.5, 0.6) is 0 Å². The third-order valence-electron chi connectivity index (χ3n) is 5.13. The Morgan fingerprint density at radius 3 is 2.65 bits per heavy atom. The van der Waals surface area contributed by atoms with E-state index in [-0.39, 0.29) is 18.2 Å². The molecule has 1 saturated carbocycles. The number of nitrogens with one attached hydrogen (secondary N) is 2. The number of hydrogen-bond donors (Lipinski definition) is 2. The normalized spacial score (nSPS) is 18.1. The molecule has 2 amide bonds. The highest BCUT2D eigenvalue weighted by Gasteiger charge is 2.29. The van der Waals surface area contributed by atoms with E-state index in [1.54, 1.807) is 6.20 Å². The van der Waals surface area contributed by atoms with Crippen LogP contribution in [0, 0.1) is 12.8 Å². The Morgan fingerprint density at radius 2 is 1.87 bits per heavy atom. The van der Waals surface area contributed by atoms with Crippen molar-refractivity contribution < 1.29 is 9.59 Å². The van der Waals surface area contributed by atoms with Crippen molar-refractivity contribution >= 4 is 44.8 Å². The van der Waals surface area contributed by atoms with Gasteiger partial charge in [-0.25, -0.2) is 0 Å². The Kier molecular flexibility index (Phi) is 6.62. The zero-order chi connectivity index (χ0) is 21.8. The van der Waals surface area contributed by atoms with Gasteiger partial charge >= 0.3 is 0 Å². The van der Waals surface area contributed by atoms with Gasteiger partial charge in [-0.1, -0.05) is 28.7 Å². The summed E-state index contributed by atoms with van der Waals surface area (Å²) in [5.74, 6) is 0.593. The molecule has 2 N–H and O–H groups in total. The van der Waals surface area contributed by atoms with Crippen molar-refractivity contribution in [2.45, 2.75) is 51.9 Å². The number of pyridine rings is 1. The van der Waals surface area contributed by atoms with E-state index in [4.69, 9.17) is 0 Å². The van der Waals surface area contributed by atoms with E-state index in [0.29, 0.717) is 22.1 Å². The predicted octanol–water partition coefficient (Wildman–Crippen LogP) is 3.36. The minimum absolute atomic E-state index is 0.125. The van der Waals surface area contributed by atoms with E-state index in [0.717, 1.165) is 47.0 Å². The van der Waals surface area contributed by atoms with Gasteiger partial charge in [0, 0.05) is 31.2 Å². The maximum absolute atomic E-state index is 12.3. The van der Waals surface area contributed by atoms with E-state index < -0.39 is 0 Å². The van der Waals surface area contributed by atoms with Crippen molar-refractivity contribution in [3.63, 3.8) is 0 Å². The van der Waals surface area contributed by atoms with E-state index in [1.807, 2.05) is 19.1 Å². The van der Waals surface area contributed by atoms with Crippen LogP contribution < -0.4 is 10.6 Å². The average molecular weight is 458 g/mol. The first-order valence-electron chi connectivity index (χ1n) is 10.1. The molecular formula is C20H23N7O2S2. The lowest BCUT2D eigenvalue weighted by Gasteiger charge is -2.06. The molecule has 0 aliphatic heterocycles. The summed E-state index contributed by atoms with van der Waals surface area (Å²) in [6.45, 7) is 3.38. The fraction of sp³-hybridized carbons (Fsp3) is 0.450. The Morgan fingerprint density at radius 1 is 1.06 bits per heavy atom. The first-order chi connectivity index (χ1) is 14.9. The molecule has 1 unspecified atom stereocenters. The number of carbonyl (C=O) groups excluding carboxylic acids is 2. The molecule has 9 nitrogen and oxygen atoms in total. The lowest BCUT2D eigenvalue weighted by Crippen LogP contribution is -2.14. The number of anilines is 2. The van der Waals surface area contributed by atoms with Gasteiger partial charge in [0.25, 0.3) is 0 Å². The van der Waals surface area contributed by atoms with Gasteiger partial charge in [-0.3, -0.25) is 14.6 Å². The molecule has 3 aromatic heterocycles. The van der Waals surface area contributed by atoms with Crippen molar-refractivity contribution in [1.29, 1.82) is 0 Å². The molecule has 3 aromatic rings. The Balaban J connectivity index is 1.27. The molecule has 3 heterocycles. The quantitative estimate of drug-likeness (QED) is 0.558. The van der Waals surface area contributed by atoms with Crippen LogP contribution in [0.1, 0.15) is 53.4 Å². The number of rotatable bonds is 7. The smallest absolute Gasteiger partial charge is 0.230 e. The minimum Gasteiger partial charge on any atom is -0.301 e. The highest BCUT2D eigenvalue weighted by atomic mass is 32.1. The van der Waals surface area contributed by atoms with Crippen LogP contribution in [0.2, 0.25) is 0 Å². The number of hydrogen-bond acceptors (Lipinski definition) is 9. The lowest BCUT2D eigenvalue weighted by atomic mass is 10.0. The molecule has 0 bridgehead atoms. The van der Waals surface area contributed by atoms with E-state index in [2.05, 4.69) is 36.0 Å². The van der Waals surface area contributed by atoms with Crippen molar-refractivity contribution in [2.75, 3.05) is 10.6 Å². The third-order valence-corrected chi connectivity index (χ3v) is 6.99. The van der Waals surface area contributed by atoms with Crippen LogP contribution in [0.4, 0.5) is 10.3 Å². The predicted molar refractivity (Wildman–Crippen MR) is 119 cm³/mol. The maximum atomic E-state index is 12.3. The van der Waals surface area contributed by atoms with Crippen LogP contribution in [0.15, 0.2) is 18.3 Å². The van der Waals surface area contributed by atoms with Gasteiger partial charge in [-0.15, -0.1) is 20.4 Å². The van der Waals surface area contributed by atoms with Gasteiger partial charge in [0.1, 0.15) is 10.0 Å². The molecule has 1 aliphatic rings. The van der Waals surface area contributed by atoms with Crippen molar-refractivity contribution in [3.8, 4) is 0 Å². The van der Waals surface area contributed by atoms with E-state index in [9.17, 15) is 9.59 Å². The van der Waals surface area contributed by atoms with Crippen molar-refractivity contribution in [3.05, 3.63) is 39.6 Å². The average Bonchev–Trinajstić information content (AvgIpc) is 3.45. The van der Waals surface area contributed by atoms with Crippen molar-refractivity contribution in [2.24, 2.45) is 5.92 Å². The van der Waals surface area contributed by atoms with Crippen molar-refractivity contribution in [1.82, 2.24) is 25.4 Å². The Labute approximate surface area is 187 Å². The third kappa shape index (κ3) is 5.88. The zero-order valence-electron chi connectivity index (χ0n) is 17.3. The molecule has 0 aromatic carbocycles. The number of nitrogens with zero attached hydrogens (tertiary/aromatic N) is 5. The fourth-order valence-corrected chi connectivity index (χ4v) is 5.48. The van der Waals surface area contributed by atoms with Crippen LogP contribution in [-0.2, 0) is 22.4 Å². The second kappa shape index (κ2) is 9.56. The fourth-order valence-electron chi connectivity index (χ4n) is 3.67. The second-order valence-corrected chi connectivity index (χ2v) is 9.81. The molecule has 0 saturated heterocycles. The molecule has 11 heteroatoms. The molecule has 162 valence electrons. The number of amides is 2. The topological polar surface area (TPSA) is 123 Å². The number of carbonyl (C=O) groups is 2. The summed E-state index contributed by atoms with van der Waals surface area (Å²) < 4.78 is 0. The summed E-state index contributed by atoms with van der Waals surface area (Å²) in [5, 5.41) is 25.2. The van der Waals surface area contributed by atoms with Gasteiger partial charge in [0.15, 0.2) is 0 Å². The molecule has 0 spiro atoms. The standard InChI is InChI=1S/C20H23N7O2S2/c1-11-3-4-14(10-21-11)8-16(29)23-20-26-24-17(30-20)9-13-5-6-15(7-13)18-25-27-19(31-18)22-12(2)28/h3-4,10,13,15H,5-9H2,1-2H3,(H,22,27,28)(H,23,26,29)/t13?,15-/m1/s1. The van der Waals surface area contributed by atoms with Crippen LogP contribution in [0.3, 0.4) is 0 Å². The van der Waals surface area contributed by atoms with Gasteiger partial charge in [-0.2, -0.15) is 0 Å². The molecule has 1 fully saturated rings.